The van der Waals surface area contributed by atoms with Gasteiger partial charge >= 0.3 is 7.82 Å². The Labute approximate surface area is 189 Å². The molecule has 12 heteroatoms. The Morgan fingerprint density at radius 3 is 2.88 bits per heavy atom. The summed E-state index contributed by atoms with van der Waals surface area (Å²) in [5.41, 5.74) is 5.50. The lowest BCUT2D eigenvalue weighted by molar-refractivity contribution is -0.0950. The molecular weight excluding hydrogens is 451 g/mol. The molecule has 0 amide bonds. The van der Waals surface area contributed by atoms with Crippen LogP contribution in [-0.4, -0.2) is 55.8 Å². The zero-order valence-corrected chi connectivity index (χ0v) is 18.7. The first-order valence-corrected chi connectivity index (χ1v) is 12.0. The van der Waals surface area contributed by atoms with Crippen molar-refractivity contribution in [3.63, 3.8) is 0 Å². The molecule has 11 nitrogen and oxygen atoms in total. The van der Waals surface area contributed by atoms with Crippen LogP contribution in [0.4, 0.5) is 5.82 Å². The molecule has 2 aliphatic rings. The number of nitrogens with zero attached hydrogens (tertiary/aromatic N) is 3. The molecule has 0 aliphatic carbocycles. The van der Waals surface area contributed by atoms with E-state index < -0.39 is 38.0 Å². The molecule has 2 fully saturated rings. The second kappa shape index (κ2) is 8.44. The van der Waals surface area contributed by atoms with Gasteiger partial charge in [0, 0.05) is 12.6 Å². The Hall–Kier alpha value is -2.37. The van der Waals surface area contributed by atoms with E-state index in [0.29, 0.717) is 17.5 Å². The zero-order chi connectivity index (χ0) is 23.2. The van der Waals surface area contributed by atoms with Gasteiger partial charge in [-0.1, -0.05) is 30.3 Å². The fourth-order valence-electron chi connectivity index (χ4n) is 4.20. The van der Waals surface area contributed by atoms with Crippen LogP contribution in [-0.2, 0) is 22.9 Å². The summed E-state index contributed by atoms with van der Waals surface area (Å²) in [6.07, 6.45) is -0.308. The molecule has 1 aromatic carbocycles. The number of ether oxygens (including phenoxy) is 1. The van der Waals surface area contributed by atoms with E-state index >= 15 is 0 Å². The first-order valence-electron chi connectivity index (χ1n) is 10.5. The number of hydrogen-bond acceptors (Lipinski definition) is 10. The fraction of sp³-hybridized carbons (Fsp3) is 0.429. The van der Waals surface area contributed by atoms with Crippen molar-refractivity contribution >= 4 is 24.7 Å². The minimum Gasteiger partial charge on any atom is -0.387 e. The number of benzene rings is 1. The predicted octanol–water partition coefficient (Wildman–Crippen LogP) is 2.33. The van der Waals surface area contributed by atoms with E-state index in [4.69, 9.17) is 24.0 Å². The summed E-state index contributed by atoms with van der Waals surface area (Å²) in [5, 5.41) is 22.4. The normalized spacial score (nSPS) is 34.6. The molecule has 33 heavy (non-hydrogen) atoms. The molecule has 4 N–H and O–H groups in total. The van der Waals surface area contributed by atoms with Gasteiger partial charge in [-0.05, 0) is 18.6 Å². The molecular formula is C21H25N4O7P. The largest absolute Gasteiger partial charge is 0.475 e. The van der Waals surface area contributed by atoms with E-state index in [1.54, 1.807) is 16.8 Å². The van der Waals surface area contributed by atoms with Crippen molar-refractivity contribution in [1.82, 2.24) is 14.5 Å². The first-order chi connectivity index (χ1) is 15.8. The molecule has 0 bridgehead atoms. The van der Waals surface area contributed by atoms with Crippen molar-refractivity contribution in [2.45, 2.75) is 43.5 Å². The van der Waals surface area contributed by atoms with E-state index in [1.165, 1.54) is 13.3 Å². The highest BCUT2D eigenvalue weighted by molar-refractivity contribution is 7.48. The van der Waals surface area contributed by atoms with Gasteiger partial charge in [-0.15, -0.1) is 0 Å². The van der Waals surface area contributed by atoms with Crippen LogP contribution >= 0.6 is 7.82 Å². The van der Waals surface area contributed by atoms with Crippen molar-refractivity contribution in [3.05, 3.63) is 54.5 Å². The topological polar surface area (TPSA) is 151 Å². The summed E-state index contributed by atoms with van der Waals surface area (Å²) in [5.74, 6) is 0.287. The molecule has 6 atom stereocenters. The summed E-state index contributed by atoms with van der Waals surface area (Å²) < 4.78 is 37.0. The van der Waals surface area contributed by atoms with E-state index in [9.17, 15) is 14.8 Å². The second-order valence-corrected chi connectivity index (χ2v) is 9.91. The number of nitrogens with two attached hydrogens (primary N) is 1. The molecule has 0 radical (unpaired) electrons. The third kappa shape index (κ3) is 4.06. The second-order valence-electron chi connectivity index (χ2n) is 8.29. The van der Waals surface area contributed by atoms with E-state index in [1.807, 2.05) is 30.3 Å². The smallest absolute Gasteiger partial charge is 0.387 e. The van der Waals surface area contributed by atoms with Crippen molar-refractivity contribution in [3.8, 4) is 0 Å². The minimum atomic E-state index is -3.90. The molecule has 0 saturated carbocycles. The maximum Gasteiger partial charge on any atom is 0.475 e. The van der Waals surface area contributed by atoms with Crippen molar-refractivity contribution in [2.24, 2.45) is 0 Å². The lowest BCUT2D eigenvalue weighted by atomic mass is 9.96. The fourth-order valence-corrected chi connectivity index (χ4v) is 5.59. The Bertz CT molecular complexity index is 1190. The highest BCUT2D eigenvalue weighted by Crippen LogP contribution is 2.57. The molecule has 1 unspecified atom stereocenters. The van der Waals surface area contributed by atoms with Crippen LogP contribution in [0.25, 0.3) is 11.0 Å². The van der Waals surface area contributed by atoms with Gasteiger partial charge in [0.05, 0.1) is 24.7 Å². The number of aliphatic hydroxyl groups is 2. The first kappa shape index (κ1) is 22.4. The number of fused-ring (bicyclic) bond motifs is 1. The molecule has 2 aliphatic heterocycles. The SMILES string of the molecule is C[C@@]1(O)[C@H](O)[C@@H](COP2(=O)OCC[C@@H](c3ccccc3)O2)O[C@H]1n1ccc2c(N)ncnc21. The minimum absolute atomic E-state index is 0.196. The van der Waals surface area contributed by atoms with Crippen molar-refractivity contribution < 1.29 is 33.1 Å². The molecule has 0 spiro atoms. The Morgan fingerprint density at radius 2 is 2.09 bits per heavy atom. The van der Waals surface area contributed by atoms with Crippen LogP contribution in [0, 0.1) is 0 Å². The summed E-state index contributed by atoms with van der Waals surface area (Å²) in [6, 6.07) is 11.1. The zero-order valence-electron chi connectivity index (χ0n) is 17.9. The maximum atomic E-state index is 13.1. The monoisotopic (exact) mass is 476 g/mol. The van der Waals surface area contributed by atoms with Crippen LogP contribution in [0.5, 0.6) is 0 Å². The standard InChI is InChI=1S/C21H25N4O7P/c1-21(27)17(26)16(31-20(21)25-9-7-14-18(22)23-12-24-19(14)25)11-30-33(28)29-10-8-15(32-33)13-5-3-2-4-6-13/h2-7,9,12,15-17,20,26-27H,8,10-11H2,1H3,(H2,22,23,24)/t15-,16+,17+,20+,21+,33?/m0/s1. The molecule has 3 aromatic rings. The molecule has 5 rings (SSSR count). The maximum absolute atomic E-state index is 13.1. The van der Waals surface area contributed by atoms with E-state index in [0.717, 1.165) is 5.56 Å². The molecule has 176 valence electrons. The third-order valence-corrected chi connectivity index (χ3v) is 7.48. The van der Waals surface area contributed by atoms with Crippen LogP contribution < -0.4 is 5.73 Å². The number of nitrogen functional groups attached to an aromatic ring is 1. The van der Waals surface area contributed by atoms with Crippen LogP contribution in [0.1, 0.15) is 31.2 Å². The van der Waals surface area contributed by atoms with Crippen LogP contribution in [0.15, 0.2) is 48.9 Å². The summed E-state index contributed by atoms with van der Waals surface area (Å²) >= 11 is 0. The Morgan fingerprint density at radius 1 is 1.30 bits per heavy atom. The molecule has 2 aromatic heterocycles. The van der Waals surface area contributed by atoms with Gasteiger partial charge in [-0.3, -0.25) is 13.6 Å². The number of aliphatic hydroxyl groups excluding tert-OH is 1. The third-order valence-electron chi connectivity index (χ3n) is 6.00. The van der Waals surface area contributed by atoms with Gasteiger partial charge in [0.25, 0.3) is 0 Å². The van der Waals surface area contributed by atoms with Gasteiger partial charge in [-0.2, -0.15) is 0 Å². The van der Waals surface area contributed by atoms with Gasteiger partial charge in [0.2, 0.25) is 0 Å². The quantitative estimate of drug-likeness (QED) is 0.468. The number of aromatic nitrogens is 3. The van der Waals surface area contributed by atoms with E-state index in [-0.39, 0.29) is 19.0 Å². The van der Waals surface area contributed by atoms with Crippen molar-refractivity contribution in [1.29, 1.82) is 0 Å². The number of phosphoric acid groups is 1. The lowest BCUT2D eigenvalue weighted by Gasteiger charge is -2.30. The summed E-state index contributed by atoms with van der Waals surface area (Å²) in [6.45, 7) is 1.32. The van der Waals surface area contributed by atoms with Gasteiger partial charge in [0.15, 0.2) is 6.23 Å². The predicted molar refractivity (Wildman–Crippen MR) is 117 cm³/mol. The van der Waals surface area contributed by atoms with Gasteiger partial charge in [-0.25, -0.2) is 14.5 Å². The van der Waals surface area contributed by atoms with E-state index in [2.05, 4.69) is 9.97 Å². The summed E-state index contributed by atoms with van der Waals surface area (Å²) in [4.78, 5) is 8.17. The van der Waals surface area contributed by atoms with Crippen LogP contribution in [0.3, 0.4) is 0 Å². The van der Waals surface area contributed by atoms with Gasteiger partial charge in [0.1, 0.15) is 35.6 Å². The number of hydrogen-bond donors (Lipinski definition) is 3. The van der Waals surface area contributed by atoms with Crippen LogP contribution in [0.2, 0.25) is 0 Å². The average Bonchev–Trinajstić information content (AvgIpc) is 3.33. The van der Waals surface area contributed by atoms with Gasteiger partial charge < -0.3 is 25.3 Å². The molecule has 2 saturated heterocycles. The average molecular weight is 476 g/mol. The lowest BCUT2D eigenvalue weighted by Crippen LogP contribution is -2.44. The highest BCUT2D eigenvalue weighted by Gasteiger charge is 2.54. The summed E-state index contributed by atoms with van der Waals surface area (Å²) in [7, 11) is -3.90. The van der Waals surface area contributed by atoms with Crippen molar-refractivity contribution in [2.75, 3.05) is 18.9 Å². The molecule has 4 heterocycles. The number of rotatable bonds is 5. The number of phosphoric ester groups is 1. The Kier molecular flexibility index (Phi) is 5.74. The Balaban J connectivity index is 1.31. The highest BCUT2D eigenvalue weighted by atomic mass is 31.2. The number of anilines is 1.